The molecule has 0 radical (unpaired) electrons. The lowest BCUT2D eigenvalue weighted by atomic mass is 10.0. The lowest BCUT2D eigenvalue weighted by Crippen LogP contribution is -2.31. The molecule has 1 aromatic rings. The van der Waals surface area contributed by atoms with Gasteiger partial charge in [0.25, 0.3) is 0 Å². The predicted octanol–water partition coefficient (Wildman–Crippen LogP) is 2.58. The van der Waals surface area contributed by atoms with Gasteiger partial charge in [-0.05, 0) is 37.1 Å². The quantitative estimate of drug-likeness (QED) is 0.696. The third-order valence-corrected chi connectivity index (χ3v) is 3.63. The SMILES string of the molecule is CCCNC(CC)c1ccc(N(C)CC(O)COC)cc1. The summed E-state index contributed by atoms with van der Waals surface area (Å²) >= 11 is 0. The maximum Gasteiger partial charge on any atom is 0.0947 e. The summed E-state index contributed by atoms with van der Waals surface area (Å²) in [5.74, 6) is 0. The number of hydrogen-bond acceptors (Lipinski definition) is 4. The van der Waals surface area contributed by atoms with Crippen molar-refractivity contribution in [2.75, 3.05) is 38.8 Å². The molecule has 0 aliphatic carbocycles. The molecule has 0 fully saturated rings. The monoisotopic (exact) mass is 294 g/mol. The van der Waals surface area contributed by atoms with Crippen LogP contribution in [-0.2, 0) is 4.74 Å². The van der Waals surface area contributed by atoms with Crippen molar-refractivity contribution in [3.05, 3.63) is 29.8 Å². The largest absolute Gasteiger partial charge is 0.389 e. The van der Waals surface area contributed by atoms with E-state index in [0.29, 0.717) is 19.2 Å². The standard InChI is InChI=1S/C17H30N2O2/c1-5-11-18-17(6-2)14-7-9-15(10-8-14)19(3)12-16(20)13-21-4/h7-10,16-18,20H,5-6,11-13H2,1-4H3. The summed E-state index contributed by atoms with van der Waals surface area (Å²) < 4.78 is 4.96. The maximum atomic E-state index is 9.78. The zero-order valence-corrected chi connectivity index (χ0v) is 13.8. The molecule has 21 heavy (non-hydrogen) atoms. The van der Waals surface area contributed by atoms with E-state index >= 15 is 0 Å². The molecule has 0 aliphatic heterocycles. The van der Waals surface area contributed by atoms with E-state index in [9.17, 15) is 5.11 Å². The van der Waals surface area contributed by atoms with Gasteiger partial charge >= 0.3 is 0 Å². The normalized spacial score (nSPS) is 14.0. The molecule has 0 heterocycles. The number of nitrogens with zero attached hydrogens (tertiary/aromatic N) is 1. The molecular formula is C17H30N2O2. The van der Waals surface area contributed by atoms with Crippen LogP contribution < -0.4 is 10.2 Å². The van der Waals surface area contributed by atoms with Gasteiger partial charge in [-0.15, -0.1) is 0 Å². The third kappa shape index (κ3) is 6.04. The van der Waals surface area contributed by atoms with Crippen LogP contribution in [0.5, 0.6) is 0 Å². The topological polar surface area (TPSA) is 44.7 Å². The minimum Gasteiger partial charge on any atom is -0.389 e. The molecule has 0 amide bonds. The molecule has 120 valence electrons. The Labute approximate surface area is 129 Å². The van der Waals surface area contributed by atoms with E-state index in [4.69, 9.17) is 4.74 Å². The molecule has 2 atom stereocenters. The molecule has 0 spiro atoms. The zero-order chi connectivity index (χ0) is 15.7. The Balaban J connectivity index is 2.63. The van der Waals surface area contributed by atoms with Crippen LogP contribution in [-0.4, -0.2) is 45.1 Å². The van der Waals surface area contributed by atoms with E-state index in [1.807, 2.05) is 11.9 Å². The van der Waals surface area contributed by atoms with E-state index in [1.54, 1.807) is 7.11 Å². The zero-order valence-electron chi connectivity index (χ0n) is 13.8. The van der Waals surface area contributed by atoms with Crippen LogP contribution >= 0.6 is 0 Å². The smallest absolute Gasteiger partial charge is 0.0947 e. The molecular weight excluding hydrogens is 264 g/mol. The summed E-state index contributed by atoms with van der Waals surface area (Å²) in [5, 5.41) is 13.3. The first kappa shape index (κ1) is 18.0. The number of likely N-dealkylation sites (N-methyl/N-ethyl adjacent to an activating group) is 1. The van der Waals surface area contributed by atoms with Gasteiger partial charge in [-0.1, -0.05) is 26.0 Å². The Bertz CT molecular complexity index is 381. The molecule has 2 N–H and O–H groups in total. The second-order valence-electron chi connectivity index (χ2n) is 5.50. The summed E-state index contributed by atoms with van der Waals surface area (Å²) in [6.45, 7) is 6.36. The summed E-state index contributed by atoms with van der Waals surface area (Å²) in [6.07, 6.45) is 1.77. The highest BCUT2D eigenvalue weighted by Crippen LogP contribution is 2.21. The average Bonchev–Trinajstić information content (AvgIpc) is 2.48. The van der Waals surface area contributed by atoms with Gasteiger partial charge in [-0.25, -0.2) is 0 Å². The Morgan fingerprint density at radius 3 is 2.43 bits per heavy atom. The molecule has 0 aromatic heterocycles. The van der Waals surface area contributed by atoms with E-state index in [1.165, 1.54) is 5.56 Å². The fourth-order valence-corrected chi connectivity index (χ4v) is 2.44. The first-order valence-electron chi connectivity index (χ1n) is 7.83. The minimum atomic E-state index is -0.464. The van der Waals surface area contributed by atoms with Crippen LogP contribution in [0.3, 0.4) is 0 Å². The fraction of sp³-hybridized carbons (Fsp3) is 0.647. The number of aliphatic hydroxyl groups is 1. The van der Waals surface area contributed by atoms with Crippen LogP contribution in [0, 0.1) is 0 Å². The molecule has 1 rings (SSSR count). The second kappa shape index (κ2) is 9.77. The van der Waals surface area contributed by atoms with Crippen LogP contribution in [0.15, 0.2) is 24.3 Å². The molecule has 0 aliphatic rings. The van der Waals surface area contributed by atoms with E-state index in [0.717, 1.165) is 25.1 Å². The van der Waals surface area contributed by atoms with Crippen molar-refractivity contribution >= 4 is 5.69 Å². The number of rotatable bonds is 10. The van der Waals surface area contributed by atoms with Crippen LogP contribution in [0.4, 0.5) is 5.69 Å². The summed E-state index contributed by atoms with van der Waals surface area (Å²) in [5.41, 5.74) is 2.43. The molecule has 4 heteroatoms. The van der Waals surface area contributed by atoms with Gasteiger partial charge in [0.15, 0.2) is 0 Å². The van der Waals surface area contributed by atoms with Gasteiger partial charge in [-0.3, -0.25) is 0 Å². The fourth-order valence-electron chi connectivity index (χ4n) is 2.44. The lowest BCUT2D eigenvalue weighted by Gasteiger charge is -2.23. The first-order chi connectivity index (χ1) is 10.1. The van der Waals surface area contributed by atoms with Crippen LogP contribution in [0.1, 0.15) is 38.3 Å². The number of nitrogens with one attached hydrogen (secondary N) is 1. The van der Waals surface area contributed by atoms with Crippen molar-refractivity contribution in [3.8, 4) is 0 Å². The van der Waals surface area contributed by atoms with Gasteiger partial charge in [0.05, 0.1) is 12.7 Å². The van der Waals surface area contributed by atoms with Gasteiger partial charge in [0.1, 0.15) is 0 Å². The molecule has 2 unspecified atom stereocenters. The van der Waals surface area contributed by atoms with Crippen LogP contribution in [0.2, 0.25) is 0 Å². The molecule has 0 bridgehead atoms. The number of methoxy groups -OCH3 is 1. The van der Waals surface area contributed by atoms with E-state index < -0.39 is 6.10 Å². The number of anilines is 1. The van der Waals surface area contributed by atoms with Gasteiger partial charge in [0, 0.05) is 32.4 Å². The highest BCUT2D eigenvalue weighted by molar-refractivity contribution is 5.47. The van der Waals surface area contributed by atoms with Crippen molar-refractivity contribution in [1.82, 2.24) is 5.32 Å². The highest BCUT2D eigenvalue weighted by Gasteiger charge is 2.11. The summed E-state index contributed by atoms with van der Waals surface area (Å²) in [7, 11) is 3.59. The lowest BCUT2D eigenvalue weighted by molar-refractivity contribution is 0.0695. The Kier molecular flexibility index (Phi) is 8.35. The van der Waals surface area contributed by atoms with Crippen molar-refractivity contribution < 1.29 is 9.84 Å². The molecule has 1 aromatic carbocycles. The van der Waals surface area contributed by atoms with E-state index in [-0.39, 0.29) is 0 Å². The van der Waals surface area contributed by atoms with Crippen LogP contribution in [0.25, 0.3) is 0 Å². The number of ether oxygens (including phenoxy) is 1. The number of aliphatic hydroxyl groups excluding tert-OH is 1. The van der Waals surface area contributed by atoms with E-state index in [2.05, 4.69) is 43.4 Å². The summed E-state index contributed by atoms with van der Waals surface area (Å²) in [6, 6.07) is 9.00. The van der Waals surface area contributed by atoms with Crippen molar-refractivity contribution in [2.45, 2.75) is 38.8 Å². The first-order valence-corrected chi connectivity index (χ1v) is 7.83. The third-order valence-electron chi connectivity index (χ3n) is 3.63. The van der Waals surface area contributed by atoms with Gasteiger partial charge in [-0.2, -0.15) is 0 Å². The van der Waals surface area contributed by atoms with Crippen molar-refractivity contribution in [1.29, 1.82) is 0 Å². The average molecular weight is 294 g/mol. The number of benzene rings is 1. The Morgan fingerprint density at radius 2 is 1.90 bits per heavy atom. The minimum absolute atomic E-state index is 0.362. The summed E-state index contributed by atoms with van der Waals surface area (Å²) in [4.78, 5) is 2.05. The van der Waals surface area contributed by atoms with Gasteiger partial charge in [0.2, 0.25) is 0 Å². The van der Waals surface area contributed by atoms with Crippen molar-refractivity contribution in [3.63, 3.8) is 0 Å². The van der Waals surface area contributed by atoms with Gasteiger partial charge < -0.3 is 20.1 Å². The number of hydrogen-bond donors (Lipinski definition) is 2. The molecule has 0 saturated heterocycles. The predicted molar refractivity (Wildman–Crippen MR) is 88.9 cm³/mol. The Morgan fingerprint density at radius 1 is 1.24 bits per heavy atom. The second-order valence-corrected chi connectivity index (χ2v) is 5.50. The molecule has 0 saturated carbocycles. The Hall–Kier alpha value is -1.10. The molecule has 4 nitrogen and oxygen atoms in total. The maximum absolute atomic E-state index is 9.78. The van der Waals surface area contributed by atoms with Crippen molar-refractivity contribution in [2.24, 2.45) is 0 Å². The highest BCUT2D eigenvalue weighted by atomic mass is 16.5.